The molecule has 6 atom stereocenters. The maximum Gasteiger partial charge on any atom is 0.255 e. The fourth-order valence-corrected chi connectivity index (χ4v) is 8.43. The molecule has 2 fully saturated rings. The monoisotopic (exact) mass is 598 g/mol. The van der Waals surface area contributed by atoms with E-state index in [2.05, 4.69) is 10.6 Å². The lowest BCUT2D eigenvalue weighted by atomic mass is 9.71. The summed E-state index contributed by atoms with van der Waals surface area (Å²) in [6, 6.07) is 6.68. The minimum Gasteiger partial charge on any atom is -0.389 e. The van der Waals surface area contributed by atoms with Crippen LogP contribution in [-0.2, 0) is 19.4 Å². The number of fused-ring (bicyclic) bond motifs is 2. The Kier molecular flexibility index (Phi) is 8.89. The number of hydrogen-bond acceptors (Lipinski definition) is 6. The molecule has 2 aliphatic carbocycles. The fourth-order valence-electron chi connectivity index (χ4n) is 6.05. The number of carbonyl (C=O) groups excluding carboxylic acids is 2. The zero-order valence-corrected chi connectivity index (χ0v) is 24.0. The van der Waals surface area contributed by atoms with Gasteiger partial charge in [-0.05, 0) is 74.3 Å². The van der Waals surface area contributed by atoms with Crippen molar-refractivity contribution < 1.29 is 36.6 Å². The van der Waals surface area contributed by atoms with Gasteiger partial charge in [0.1, 0.15) is 0 Å². The van der Waals surface area contributed by atoms with Crippen LogP contribution in [0, 0.1) is 29.4 Å². The van der Waals surface area contributed by atoms with Crippen LogP contribution in [0.5, 0.6) is 0 Å². The molecule has 0 radical (unpaired) electrons. The summed E-state index contributed by atoms with van der Waals surface area (Å²) < 4.78 is 59.5. The Hall–Kier alpha value is -2.60. The third kappa shape index (κ3) is 6.02. The molecule has 0 aliphatic heterocycles. The summed E-state index contributed by atoms with van der Waals surface area (Å²) in [5.74, 6) is -4.08. The van der Waals surface area contributed by atoms with E-state index in [1.54, 1.807) is 0 Å². The van der Waals surface area contributed by atoms with E-state index < -0.39 is 50.1 Å². The van der Waals surface area contributed by atoms with E-state index in [0.717, 1.165) is 12.1 Å². The zero-order valence-electron chi connectivity index (χ0n) is 22.4. The van der Waals surface area contributed by atoms with E-state index in [9.17, 15) is 31.9 Å². The van der Waals surface area contributed by atoms with Crippen molar-refractivity contribution in [3.63, 3.8) is 0 Å². The highest BCUT2D eigenvalue weighted by Gasteiger charge is 2.59. The molecule has 218 valence electrons. The predicted octanol–water partition coefficient (Wildman–Crippen LogP) is 4.35. The smallest absolute Gasteiger partial charge is 0.255 e. The van der Waals surface area contributed by atoms with Crippen molar-refractivity contribution in [1.29, 1.82) is 0 Å². The van der Waals surface area contributed by atoms with Gasteiger partial charge >= 0.3 is 0 Å². The summed E-state index contributed by atoms with van der Waals surface area (Å²) >= 11 is 6.30. The summed E-state index contributed by atoms with van der Waals surface area (Å²) in [5.41, 5.74) is -1.36. The molecule has 2 bridgehead atoms. The Morgan fingerprint density at radius 3 is 2.52 bits per heavy atom. The molecule has 0 saturated heterocycles. The van der Waals surface area contributed by atoms with E-state index in [1.807, 2.05) is 13.8 Å². The van der Waals surface area contributed by atoms with Gasteiger partial charge in [-0.15, -0.1) is 0 Å². The number of benzene rings is 2. The summed E-state index contributed by atoms with van der Waals surface area (Å²) in [6.45, 7) is 4.06. The second-order valence-electron chi connectivity index (χ2n) is 10.9. The van der Waals surface area contributed by atoms with E-state index in [-0.39, 0.29) is 58.4 Å². The largest absolute Gasteiger partial charge is 0.389 e. The Balaban J connectivity index is 1.53. The third-order valence-electron chi connectivity index (χ3n) is 8.31. The molecule has 0 heterocycles. The molecule has 0 spiro atoms. The highest BCUT2D eigenvalue weighted by Crippen LogP contribution is 2.56. The number of aliphatic hydroxyl groups is 1. The topological polar surface area (TPSA) is 122 Å². The second-order valence-corrected chi connectivity index (χ2v) is 13.5. The predicted molar refractivity (Wildman–Crippen MR) is 146 cm³/mol. The number of nitrogens with one attached hydrogen (secondary N) is 2. The Bertz CT molecular complexity index is 1410. The number of halogens is 3. The first-order valence-corrected chi connectivity index (χ1v) is 15.0. The summed E-state index contributed by atoms with van der Waals surface area (Å²) in [5, 5.41) is 15.9. The molecule has 2 amide bonds. The second kappa shape index (κ2) is 11.7. The maximum absolute atomic E-state index is 13.8. The van der Waals surface area contributed by atoms with Crippen LogP contribution in [-0.4, -0.2) is 55.9 Å². The van der Waals surface area contributed by atoms with Crippen molar-refractivity contribution >= 4 is 38.9 Å². The molecule has 2 aromatic carbocycles. The van der Waals surface area contributed by atoms with Gasteiger partial charge in [-0.25, -0.2) is 17.2 Å². The minimum atomic E-state index is -4.04. The van der Waals surface area contributed by atoms with Gasteiger partial charge in [0.2, 0.25) is 5.91 Å². The van der Waals surface area contributed by atoms with Crippen LogP contribution in [0.1, 0.15) is 49.9 Å². The highest BCUT2D eigenvalue weighted by atomic mass is 35.5. The van der Waals surface area contributed by atoms with Crippen LogP contribution in [0.3, 0.4) is 0 Å². The van der Waals surface area contributed by atoms with Crippen LogP contribution in [0.15, 0.2) is 41.3 Å². The number of hydrogen-bond donors (Lipinski definition) is 3. The third-order valence-corrected chi connectivity index (χ3v) is 11.0. The van der Waals surface area contributed by atoms with Gasteiger partial charge in [0, 0.05) is 31.0 Å². The Morgan fingerprint density at radius 1 is 1.15 bits per heavy atom. The van der Waals surface area contributed by atoms with Gasteiger partial charge in [0.15, 0.2) is 21.5 Å². The van der Waals surface area contributed by atoms with Gasteiger partial charge in [-0.3, -0.25) is 9.59 Å². The van der Waals surface area contributed by atoms with Crippen LogP contribution in [0.25, 0.3) is 0 Å². The highest BCUT2D eigenvalue weighted by molar-refractivity contribution is 7.92. The van der Waals surface area contributed by atoms with Gasteiger partial charge in [0.05, 0.1) is 33.3 Å². The molecular formula is C28H33ClF2N2O6S. The minimum absolute atomic E-state index is 0.00102. The molecule has 2 saturated carbocycles. The zero-order chi connectivity index (χ0) is 29.4. The first kappa shape index (κ1) is 30.4. The average molecular weight is 599 g/mol. The van der Waals surface area contributed by atoms with Gasteiger partial charge in [0.25, 0.3) is 5.91 Å². The van der Waals surface area contributed by atoms with E-state index in [0.29, 0.717) is 13.0 Å². The fraction of sp³-hybridized carbons (Fsp3) is 0.500. The standard InChI is InChI=1S/C28H33ClF2N2O6S/c1-15-8-18-10-20(12-21(15)28(18,36)13-26(34)32-14-16(2)39-3)40(37,38)25-9-17(4-6-22(25)29)27(35)33-19-5-7-23(30)24(31)11-19/h4-7,9,11,15-16,18,20-21,36H,8,10,12-14H2,1-3H3,(H,32,34)(H,33,35)/t15-,16-,18?,20?,21?,28+/m0/s1. The number of ether oxygens (including phenoxy) is 1. The Morgan fingerprint density at radius 2 is 1.88 bits per heavy atom. The maximum atomic E-state index is 13.8. The van der Waals surface area contributed by atoms with Gasteiger partial charge in [-0.1, -0.05) is 18.5 Å². The van der Waals surface area contributed by atoms with Crippen molar-refractivity contribution in [2.75, 3.05) is 19.0 Å². The quantitative estimate of drug-likeness (QED) is 0.395. The number of sulfone groups is 1. The first-order valence-electron chi connectivity index (χ1n) is 13.1. The van der Waals surface area contributed by atoms with Crippen LogP contribution in [0.2, 0.25) is 5.02 Å². The van der Waals surface area contributed by atoms with Crippen molar-refractivity contribution in [3.8, 4) is 0 Å². The number of methoxy groups -OCH3 is 1. The summed E-state index contributed by atoms with van der Waals surface area (Å²) in [6.07, 6.45) is 0.549. The molecule has 0 aromatic heterocycles. The lowest BCUT2D eigenvalue weighted by molar-refractivity contribution is -0.133. The van der Waals surface area contributed by atoms with Gasteiger partial charge in [-0.2, -0.15) is 0 Å². The van der Waals surface area contributed by atoms with Crippen LogP contribution < -0.4 is 10.6 Å². The molecule has 2 aliphatic rings. The van der Waals surface area contributed by atoms with E-state index in [4.69, 9.17) is 16.3 Å². The normalized spacial score (nSPS) is 26.8. The van der Waals surface area contributed by atoms with Crippen LogP contribution in [0.4, 0.5) is 14.5 Å². The Labute approximate surface area is 237 Å². The van der Waals surface area contributed by atoms with Crippen LogP contribution >= 0.6 is 11.6 Å². The average Bonchev–Trinajstić information content (AvgIpc) is 3.02. The molecule has 3 unspecified atom stereocenters. The van der Waals surface area contributed by atoms with E-state index >= 15 is 0 Å². The molecule has 2 aromatic rings. The first-order chi connectivity index (χ1) is 18.8. The summed E-state index contributed by atoms with van der Waals surface area (Å²) in [4.78, 5) is 25.2. The lowest BCUT2D eigenvalue weighted by Crippen LogP contribution is -2.51. The number of rotatable bonds is 9. The SMILES string of the molecule is CO[C@@H](C)CNC(=O)C[C@@]1(O)C2CC(S(=O)(=O)c3cc(C(=O)Nc4ccc(F)c(F)c4)ccc3Cl)CC1[C@@H](C)C2. The number of amides is 2. The van der Waals surface area contributed by atoms with Crippen molar-refractivity contribution in [2.45, 2.75) is 61.4 Å². The molecule has 8 nitrogen and oxygen atoms in total. The lowest BCUT2D eigenvalue weighted by Gasteiger charge is -2.42. The summed E-state index contributed by atoms with van der Waals surface area (Å²) in [7, 11) is -2.50. The molecule has 12 heteroatoms. The molecule has 40 heavy (non-hydrogen) atoms. The number of anilines is 1. The van der Waals surface area contributed by atoms with Gasteiger partial charge < -0.3 is 20.5 Å². The van der Waals surface area contributed by atoms with E-state index in [1.165, 1.54) is 31.4 Å². The molecular weight excluding hydrogens is 566 g/mol. The molecule has 4 rings (SSSR count). The van der Waals surface area contributed by atoms with Crippen molar-refractivity contribution in [3.05, 3.63) is 58.6 Å². The van der Waals surface area contributed by atoms with Crippen molar-refractivity contribution in [2.24, 2.45) is 17.8 Å². The van der Waals surface area contributed by atoms with Crippen molar-refractivity contribution in [1.82, 2.24) is 5.32 Å². The number of carbonyl (C=O) groups is 2. The molecule has 3 N–H and O–H groups in total.